The molecule has 1 fully saturated rings. The second kappa shape index (κ2) is 8.91. The van der Waals surface area contributed by atoms with Crippen molar-refractivity contribution in [2.75, 3.05) is 36.8 Å². The molecule has 24 heavy (non-hydrogen) atoms. The molecule has 0 saturated carbocycles. The third kappa shape index (κ3) is 5.25. The summed E-state index contributed by atoms with van der Waals surface area (Å²) in [5, 5.41) is 9.53. The van der Waals surface area contributed by atoms with Crippen molar-refractivity contribution in [1.29, 1.82) is 5.26 Å². The van der Waals surface area contributed by atoms with Crippen molar-refractivity contribution < 1.29 is 8.42 Å². The van der Waals surface area contributed by atoms with Gasteiger partial charge in [-0.1, -0.05) is 23.2 Å². The quantitative estimate of drug-likeness (QED) is 0.697. The molecule has 0 spiro atoms. The maximum absolute atomic E-state index is 12.4. The van der Waals surface area contributed by atoms with Crippen molar-refractivity contribution in [1.82, 2.24) is 4.31 Å². The van der Waals surface area contributed by atoms with Crippen molar-refractivity contribution in [3.63, 3.8) is 0 Å². The van der Waals surface area contributed by atoms with Crippen molar-refractivity contribution in [2.45, 2.75) is 25.7 Å². The maximum Gasteiger partial charge on any atom is 0.214 e. The van der Waals surface area contributed by atoms with Crippen LogP contribution in [0.2, 0.25) is 10.0 Å². The third-order valence-electron chi connectivity index (χ3n) is 4.06. The van der Waals surface area contributed by atoms with Crippen LogP contribution in [0, 0.1) is 11.3 Å². The Bertz CT molecular complexity index is 704. The van der Waals surface area contributed by atoms with Gasteiger partial charge in [-0.05, 0) is 37.5 Å². The van der Waals surface area contributed by atoms with Gasteiger partial charge in [-0.3, -0.25) is 0 Å². The molecule has 0 amide bonds. The molecule has 0 aliphatic carbocycles. The molecule has 0 atom stereocenters. The molecule has 0 bridgehead atoms. The molecule has 1 aromatic rings. The zero-order valence-electron chi connectivity index (χ0n) is 13.4. The van der Waals surface area contributed by atoms with E-state index in [1.54, 1.807) is 10.4 Å². The van der Waals surface area contributed by atoms with E-state index in [1.165, 1.54) is 0 Å². The highest BCUT2D eigenvalue weighted by molar-refractivity contribution is 7.89. The molecule has 1 heterocycles. The average molecular weight is 390 g/mol. The first-order chi connectivity index (χ1) is 11.4. The number of hydrogen-bond donors (Lipinski definition) is 0. The van der Waals surface area contributed by atoms with E-state index < -0.39 is 10.0 Å². The summed E-state index contributed by atoms with van der Waals surface area (Å²) in [4.78, 5) is 2.13. The molecule has 0 aromatic heterocycles. The van der Waals surface area contributed by atoms with Crippen LogP contribution in [0.4, 0.5) is 5.69 Å². The smallest absolute Gasteiger partial charge is 0.214 e. The van der Waals surface area contributed by atoms with Crippen molar-refractivity contribution in [2.24, 2.45) is 0 Å². The highest BCUT2D eigenvalue weighted by Crippen LogP contribution is 2.28. The van der Waals surface area contributed by atoms with E-state index in [4.69, 9.17) is 28.5 Å². The summed E-state index contributed by atoms with van der Waals surface area (Å²) in [6.45, 7) is 2.38. The van der Waals surface area contributed by atoms with Gasteiger partial charge >= 0.3 is 0 Å². The fourth-order valence-electron chi connectivity index (χ4n) is 2.73. The van der Waals surface area contributed by atoms with Crippen LogP contribution in [-0.2, 0) is 10.0 Å². The van der Waals surface area contributed by atoms with Gasteiger partial charge in [-0.25, -0.2) is 12.7 Å². The lowest BCUT2D eigenvalue weighted by Crippen LogP contribution is -2.36. The van der Waals surface area contributed by atoms with E-state index in [-0.39, 0.29) is 5.75 Å². The highest BCUT2D eigenvalue weighted by atomic mass is 35.5. The van der Waals surface area contributed by atoms with Crippen LogP contribution in [0.5, 0.6) is 0 Å². The van der Waals surface area contributed by atoms with Gasteiger partial charge in [-0.2, -0.15) is 5.26 Å². The first-order valence-electron chi connectivity index (χ1n) is 7.99. The largest absolute Gasteiger partial charge is 0.370 e. The molecule has 0 radical (unpaired) electrons. The van der Waals surface area contributed by atoms with Crippen molar-refractivity contribution in [3.8, 4) is 6.07 Å². The van der Waals surface area contributed by atoms with Gasteiger partial charge in [0.15, 0.2) is 0 Å². The average Bonchev–Trinajstić information content (AvgIpc) is 2.81. The summed E-state index contributed by atoms with van der Waals surface area (Å²) in [6, 6.07) is 7.52. The number of hydrogen-bond acceptors (Lipinski definition) is 4. The summed E-state index contributed by atoms with van der Waals surface area (Å²) >= 11 is 12.0. The molecule has 2 rings (SSSR count). The minimum Gasteiger partial charge on any atom is -0.370 e. The molecule has 1 aliphatic rings. The molecule has 132 valence electrons. The SMILES string of the molecule is N#CCCCCS(=O)(=O)N1CCCN(c2ccc(Cl)c(Cl)c2)CC1. The van der Waals surface area contributed by atoms with Gasteiger partial charge in [0.25, 0.3) is 0 Å². The Morgan fingerprint density at radius 3 is 2.58 bits per heavy atom. The number of anilines is 1. The Morgan fingerprint density at radius 1 is 1.08 bits per heavy atom. The predicted molar refractivity (Wildman–Crippen MR) is 98.1 cm³/mol. The molecule has 0 N–H and O–H groups in total. The third-order valence-corrected chi connectivity index (χ3v) is 6.75. The number of rotatable bonds is 6. The van der Waals surface area contributed by atoms with E-state index in [9.17, 15) is 8.42 Å². The molecular formula is C16H21Cl2N3O2S. The van der Waals surface area contributed by atoms with Crippen LogP contribution in [0.15, 0.2) is 18.2 Å². The van der Waals surface area contributed by atoms with E-state index in [0.29, 0.717) is 48.9 Å². The van der Waals surface area contributed by atoms with Gasteiger partial charge in [0.2, 0.25) is 10.0 Å². The second-order valence-corrected chi connectivity index (χ2v) is 8.67. The summed E-state index contributed by atoms with van der Waals surface area (Å²) < 4.78 is 26.4. The van der Waals surface area contributed by atoms with E-state index >= 15 is 0 Å². The van der Waals surface area contributed by atoms with Crippen LogP contribution >= 0.6 is 23.2 Å². The Labute approximate surface area is 153 Å². The molecular weight excluding hydrogens is 369 g/mol. The zero-order valence-corrected chi connectivity index (χ0v) is 15.7. The molecule has 5 nitrogen and oxygen atoms in total. The van der Waals surface area contributed by atoms with Crippen molar-refractivity contribution >= 4 is 38.9 Å². The fraction of sp³-hybridized carbons (Fsp3) is 0.562. The van der Waals surface area contributed by atoms with Gasteiger partial charge in [0.1, 0.15) is 0 Å². The van der Waals surface area contributed by atoms with Crippen LogP contribution in [-0.4, -0.2) is 44.7 Å². The van der Waals surface area contributed by atoms with Crippen LogP contribution in [0.3, 0.4) is 0 Å². The number of nitriles is 1. The molecule has 1 aliphatic heterocycles. The van der Waals surface area contributed by atoms with Crippen molar-refractivity contribution in [3.05, 3.63) is 28.2 Å². The fourth-order valence-corrected chi connectivity index (χ4v) is 4.62. The standard InChI is InChI=1S/C16H21Cl2N3O2S/c17-15-6-5-14(13-16(15)18)20-8-4-9-21(11-10-20)24(22,23)12-3-1-2-7-19/h5-6,13H,1-4,8-12H2. The minimum atomic E-state index is -3.26. The van der Waals surface area contributed by atoms with Gasteiger partial charge in [0, 0.05) is 38.3 Å². The lowest BCUT2D eigenvalue weighted by molar-refractivity contribution is 0.431. The Morgan fingerprint density at radius 2 is 1.88 bits per heavy atom. The summed E-state index contributed by atoms with van der Waals surface area (Å²) in [7, 11) is -3.26. The van der Waals surface area contributed by atoms with Gasteiger partial charge in [-0.15, -0.1) is 0 Å². The van der Waals surface area contributed by atoms with E-state index in [1.807, 2.05) is 18.2 Å². The number of nitrogens with zero attached hydrogens (tertiary/aromatic N) is 3. The lowest BCUT2D eigenvalue weighted by atomic mass is 10.2. The second-order valence-electron chi connectivity index (χ2n) is 5.77. The zero-order chi connectivity index (χ0) is 17.6. The first-order valence-corrected chi connectivity index (χ1v) is 10.4. The lowest BCUT2D eigenvalue weighted by Gasteiger charge is -2.24. The minimum absolute atomic E-state index is 0.113. The monoisotopic (exact) mass is 389 g/mol. The normalized spacial score (nSPS) is 16.6. The van der Waals surface area contributed by atoms with Crippen LogP contribution < -0.4 is 4.90 Å². The first kappa shape index (κ1) is 19.3. The van der Waals surface area contributed by atoms with Crippen LogP contribution in [0.1, 0.15) is 25.7 Å². The highest BCUT2D eigenvalue weighted by Gasteiger charge is 2.25. The topological polar surface area (TPSA) is 64.4 Å². The number of halogens is 2. The summed E-state index contributed by atoms with van der Waals surface area (Å²) in [6.07, 6.45) is 2.32. The Hall–Kier alpha value is -1.000. The number of unbranched alkanes of at least 4 members (excludes halogenated alkanes) is 2. The van der Waals surface area contributed by atoms with E-state index in [0.717, 1.165) is 18.7 Å². The number of benzene rings is 1. The molecule has 1 aromatic carbocycles. The molecule has 8 heteroatoms. The molecule has 1 saturated heterocycles. The summed E-state index contributed by atoms with van der Waals surface area (Å²) in [5.74, 6) is 0.113. The van der Waals surface area contributed by atoms with Gasteiger partial charge in [0.05, 0.1) is 21.9 Å². The van der Waals surface area contributed by atoms with Gasteiger partial charge < -0.3 is 4.90 Å². The summed E-state index contributed by atoms with van der Waals surface area (Å²) in [5.41, 5.74) is 0.956. The number of sulfonamides is 1. The Balaban J connectivity index is 1.96. The molecule has 0 unspecified atom stereocenters. The van der Waals surface area contributed by atoms with E-state index in [2.05, 4.69) is 4.90 Å². The Kier molecular flexibility index (Phi) is 7.17. The maximum atomic E-state index is 12.4. The van der Waals surface area contributed by atoms with Crippen LogP contribution in [0.25, 0.3) is 0 Å². The predicted octanol–water partition coefficient (Wildman–Crippen LogP) is 3.53.